The van der Waals surface area contributed by atoms with E-state index >= 15 is 0 Å². The minimum absolute atomic E-state index is 0.0460. The molecule has 24 heavy (non-hydrogen) atoms. The molecule has 1 aromatic carbocycles. The number of nitrogens with zero attached hydrogens (tertiary/aromatic N) is 1. The van der Waals surface area contributed by atoms with E-state index in [9.17, 15) is 18.0 Å². The smallest absolute Gasteiger partial charge is 0.338 e. The highest BCUT2D eigenvalue weighted by molar-refractivity contribution is 7.89. The van der Waals surface area contributed by atoms with Gasteiger partial charge in [0.25, 0.3) is 0 Å². The van der Waals surface area contributed by atoms with Crippen LogP contribution < -0.4 is 0 Å². The first-order chi connectivity index (χ1) is 11.4. The van der Waals surface area contributed by atoms with E-state index in [4.69, 9.17) is 4.74 Å². The van der Waals surface area contributed by atoms with Crippen LogP contribution in [0.2, 0.25) is 0 Å². The fraction of sp³-hybridized carbons (Fsp3) is 0.529. The molecule has 0 unspecified atom stereocenters. The molecule has 7 heteroatoms. The van der Waals surface area contributed by atoms with Gasteiger partial charge in [0.15, 0.2) is 11.9 Å². The van der Waals surface area contributed by atoms with Crippen molar-refractivity contribution in [3.05, 3.63) is 29.8 Å². The molecule has 0 radical (unpaired) electrons. The van der Waals surface area contributed by atoms with E-state index in [1.165, 1.54) is 28.6 Å². The van der Waals surface area contributed by atoms with E-state index in [1.54, 1.807) is 13.8 Å². The number of sulfonamides is 1. The van der Waals surface area contributed by atoms with Gasteiger partial charge in [0.05, 0.1) is 10.5 Å². The summed E-state index contributed by atoms with van der Waals surface area (Å²) in [4.78, 5) is 24.0. The fourth-order valence-corrected chi connectivity index (χ4v) is 4.21. The fourth-order valence-electron chi connectivity index (χ4n) is 2.75. The monoisotopic (exact) mass is 353 g/mol. The van der Waals surface area contributed by atoms with Crippen LogP contribution in [-0.2, 0) is 19.6 Å². The Hall–Kier alpha value is -1.73. The maximum atomic E-state index is 12.4. The lowest BCUT2D eigenvalue weighted by Gasteiger charge is -2.21. The van der Waals surface area contributed by atoms with Crippen LogP contribution in [0.5, 0.6) is 0 Å². The molecule has 0 heterocycles. The van der Waals surface area contributed by atoms with Gasteiger partial charge in [0.2, 0.25) is 10.0 Å². The third kappa shape index (κ3) is 4.02. The minimum Gasteiger partial charge on any atom is -0.451 e. The van der Waals surface area contributed by atoms with E-state index in [0.29, 0.717) is 25.9 Å². The molecule has 1 aliphatic carbocycles. The lowest BCUT2D eigenvalue weighted by Crippen LogP contribution is -2.31. The number of rotatable bonds is 6. The second-order valence-electron chi connectivity index (χ2n) is 5.72. The zero-order chi connectivity index (χ0) is 17.7. The van der Waals surface area contributed by atoms with E-state index in [1.807, 2.05) is 0 Å². The van der Waals surface area contributed by atoms with Crippen molar-refractivity contribution in [3.63, 3.8) is 0 Å². The quantitative estimate of drug-likeness (QED) is 0.734. The van der Waals surface area contributed by atoms with Gasteiger partial charge in [0.1, 0.15) is 0 Å². The summed E-state index contributed by atoms with van der Waals surface area (Å²) in [5.41, 5.74) is 0.242. The average Bonchev–Trinajstić information content (AvgIpc) is 2.58. The number of hydrogen-bond acceptors (Lipinski definition) is 5. The lowest BCUT2D eigenvalue weighted by molar-refractivity contribution is -0.129. The van der Waals surface area contributed by atoms with E-state index in [0.717, 1.165) is 12.8 Å². The van der Waals surface area contributed by atoms with Crippen LogP contribution in [0.1, 0.15) is 49.9 Å². The summed E-state index contributed by atoms with van der Waals surface area (Å²) in [6.45, 7) is 4.31. The van der Waals surface area contributed by atoms with Crippen molar-refractivity contribution in [1.29, 1.82) is 0 Å². The number of Topliss-reactive ketones (excluding diaryl/α,β-unsaturated/α-hetero) is 1. The molecular formula is C17H23NO5S. The Labute approximate surface area is 142 Å². The summed E-state index contributed by atoms with van der Waals surface area (Å²) >= 11 is 0. The summed E-state index contributed by atoms with van der Waals surface area (Å²) in [6.07, 6.45) is 2.03. The zero-order valence-corrected chi connectivity index (χ0v) is 14.8. The Kier molecular flexibility index (Phi) is 6.12. The molecule has 1 aliphatic rings. The molecule has 0 aromatic heterocycles. The maximum absolute atomic E-state index is 12.4. The van der Waals surface area contributed by atoms with Gasteiger partial charge in [-0.25, -0.2) is 13.2 Å². The first-order valence-corrected chi connectivity index (χ1v) is 9.68. The highest BCUT2D eigenvalue weighted by Crippen LogP contribution is 2.20. The molecule has 1 aromatic rings. The highest BCUT2D eigenvalue weighted by Gasteiger charge is 2.27. The number of ether oxygens (including phenoxy) is 1. The molecule has 2 rings (SSSR count). The van der Waals surface area contributed by atoms with Crippen molar-refractivity contribution in [2.75, 3.05) is 13.1 Å². The van der Waals surface area contributed by atoms with Gasteiger partial charge in [0, 0.05) is 19.5 Å². The molecule has 0 aliphatic heterocycles. The van der Waals surface area contributed by atoms with Crippen molar-refractivity contribution in [2.45, 2.75) is 50.5 Å². The summed E-state index contributed by atoms with van der Waals surface area (Å²) < 4.78 is 31.4. The summed E-state index contributed by atoms with van der Waals surface area (Å²) in [5, 5.41) is 0. The second kappa shape index (κ2) is 7.90. The van der Waals surface area contributed by atoms with Crippen LogP contribution in [0.4, 0.5) is 0 Å². The topological polar surface area (TPSA) is 80.8 Å². The van der Waals surface area contributed by atoms with Gasteiger partial charge in [-0.15, -0.1) is 0 Å². The molecule has 1 saturated carbocycles. The van der Waals surface area contributed by atoms with Gasteiger partial charge in [-0.3, -0.25) is 4.79 Å². The van der Waals surface area contributed by atoms with Gasteiger partial charge >= 0.3 is 5.97 Å². The average molecular weight is 353 g/mol. The third-order valence-electron chi connectivity index (χ3n) is 4.18. The molecule has 0 bridgehead atoms. The number of carbonyl (C=O) groups excluding carboxylic acids is 2. The summed E-state index contributed by atoms with van der Waals surface area (Å²) in [6, 6.07) is 5.64. The second-order valence-corrected chi connectivity index (χ2v) is 7.66. The molecule has 0 spiro atoms. The number of carbonyl (C=O) groups is 2. The van der Waals surface area contributed by atoms with Crippen molar-refractivity contribution in [3.8, 4) is 0 Å². The standard InChI is InChI=1S/C17H23NO5S/c1-3-18(4-2)24(21,22)14-11-9-13(10-12-14)17(20)23-16-8-6-5-7-15(16)19/h9-12,16H,3-8H2,1-2H3/t16-/m0/s1. The SMILES string of the molecule is CCN(CC)S(=O)(=O)c1ccc(C(=O)O[C@H]2CCCCC2=O)cc1. The Morgan fingerprint density at radius 3 is 2.33 bits per heavy atom. The molecule has 1 fully saturated rings. The number of ketones is 1. The highest BCUT2D eigenvalue weighted by atomic mass is 32.2. The predicted octanol–water partition coefficient (Wildman–Crippen LogP) is 2.39. The summed E-state index contributed by atoms with van der Waals surface area (Å²) in [5.74, 6) is -0.641. The van der Waals surface area contributed by atoms with Gasteiger partial charge in [-0.05, 0) is 43.5 Å². The van der Waals surface area contributed by atoms with E-state index in [-0.39, 0.29) is 16.2 Å². The van der Waals surface area contributed by atoms with Gasteiger partial charge in [-0.2, -0.15) is 4.31 Å². The van der Waals surface area contributed by atoms with Crippen molar-refractivity contribution < 1.29 is 22.7 Å². The largest absolute Gasteiger partial charge is 0.451 e. The van der Waals surface area contributed by atoms with Gasteiger partial charge in [-0.1, -0.05) is 13.8 Å². The van der Waals surface area contributed by atoms with E-state index < -0.39 is 22.1 Å². The number of hydrogen-bond donors (Lipinski definition) is 0. The van der Waals surface area contributed by atoms with Crippen LogP contribution in [0.25, 0.3) is 0 Å². The number of esters is 1. The predicted molar refractivity (Wildman–Crippen MR) is 89.2 cm³/mol. The third-order valence-corrected chi connectivity index (χ3v) is 6.25. The first kappa shape index (κ1) is 18.6. The Bertz CT molecular complexity index is 692. The molecular weight excluding hydrogens is 330 g/mol. The Balaban J connectivity index is 2.11. The molecule has 0 saturated heterocycles. The normalized spacial score (nSPS) is 18.6. The van der Waals surface area contributed by atoms with Crippen molar-refractivity contribution in [2.24, 2.45) is 0 Å². The molecule has 6 nitrogen and oxygen atoms in total. The van der Waals surface area contributed by atoms with E-state index in [2.05, 4.69) is 0 Å². The van der Waals surface area contributed by atoms with Crippen LogP contribution >= 0.6 is 0 Å². The molecule has 132 valence electrons. The Morgan fingerprint density at radius 1 is 1.17 bits per heavy atom. The summed E-state index contributed by atoms with van der Waals surface area (Å²) in [7, 11) is -3.55. The molecule has 0 N–H and O–H groups in total. The number of benzene rings is 1. The molecule has 1 atom stereocenters. The van der Waals surface area contributed by atoms with Crippen LogP contribution in [0.15, 0.2) is 29.2 Å². The Morgan fingerprint density at radius 2 is 1.79 bits per heavy atom. The van der Waals surface area contributed by atoms with Crippen LogP contribution in [-0.4, -0.2) is 43.7 Å². The van der Waals surface area contributed by atoms with Crippen LogP contribution in [0.3, 0.4) is 0 Å². The first-order valence-electron chi connectivity index (χ1n) is 8.24. The van der Waals surface area contributed by atoms with Crippen molar-refractivity contribution >= 4 is 21.8 Å². The lowest BCUT2D eigenvalue weighted by atomic mass is 9.96. The van der Waals surface area contributed by atoms with Crippen molar-refractivity contribution in [1.82, 2.24) is 4.31 Å². The molecule has 0 amide bonds. The van der Waals surface area contributed by atoms with Crippen LogP contribution in [0, 0.1) is 0 Å². The zero-order valence-electron chi connectivity index (χ0n) is 14.0. The van der Waals surface area contributed by atoms with Gasteiger partial charge < -0.3 is 4.74 Å². The maximum Gasteiger partial charge on any atom is 0.338 e. The minimum atomic E-state index is -3.55.